The van der Waals surface area contributed by atoms with Gasteiger partial charge in [0.15, 0.2) is 0 Å². The summed E-state index contributed by atoms with van der Waals surface area (Å²) in [6, 6.07) is 82.7. The predicted molar refractivity (Wildman–Crippen MR) is 253 cm³/mol. The minimum absolute atomic E-state index is 0.631. The molecule has 0 N–H and O–H groups in total. The molecule has 1 heterocycles. The summed E-state index contributed by atoms with van der Waals surface area (Å²) in [6.45, 7) is 0. The summed E-state index contributed by atoms with van der Waals surface area (Å²) >= 11 is 0. The fourth-order valence-corrected chi connectivity index (χ4v) is 10.7. The van der Waals surface area contributed by atoms with Crippen molar-refractivity contribution in [2.75, 3.05) is 4.90 Å². The maximum Gasteiger partial charge on any atom is 0.137 e. The van der Waals surface area contributed by atoms with E-state index in [1.165, 1.54) is 77.5 Å². The molecule has 10 aromatic carbocycles. The Morgan fingerprint density at radius 2 is 0.869 bits per heavy atom. The monoisotopic (exact) mass is 775 g/mol. The number of anilines is 3. The Bertz CT molecular complexity index is 3540. The Balaban J connectivity index is 1.15. The van der Waals surface area contributed by atoms with Gasteiger partial charge in [-0.25, -0.2) is 0 Å². The highest BCUT2D eigenvalue weighted by molar-refractivity contribution is 6.13. The number of rotatable bonds is 4. The van der Waals surface area contributed by atoms with Crippen LogP contribution in [0.3, 0.4) is 0 Å². The minimum Gasteiger partial charge on any atom is -0.456 e. The fraction of sp³-hybridized carbons (Fsp3) is 0.0169. The lowest BCUT2D eigenvalue weighted by atomic mass is 9.65. The van der Waals surface area contributed by atoms with Crippen LogP contribution in [-0.4, -0.2) is 0 Å². The number of para-hydroxylation sites is 1. The topological polar surface area (TPSA) is 16.4 Å². The van der Waals surface area contributed by atoms with Crippen LogP contribution in [0, 0.1) is 0 Å². The number of nitrogens with zero attached hydrogens (tertiary/aromatic N) is 1. The summed E-state index contributed by atoms with van der Waals surface area (Å²) < 4.78 is 6.54. The molecule has 2 aliphatic rings. The molecule has 11 aromatic rings. The van der Waals surface area contributed by atoms with Crippen molar-refractivity contribution in [3.05, 3.63) is 247 Å². The van der Waals surface area contributed by atoms with Crippen molar-refractivity contribution in [2.24, 2.45) is 0 Å². The summed E-state index contributed by atoms with van der Waals surface area (Å²) in [6.07, 6.45) is 0. The molecule has 13 rings (SSSR count). The van der Waals surface area contributed by atoms with E-state index in [9.17, 15) is 0 Å². The van der Waals surface area contributed by atoms with Crippen LogP contribution >= 0.6 is 0 Å². The Labute approximate surface area is 354 Å². The van der Waals surface area contributed by atoms with E-state index in [0.29, 0.717) is 0 Å². The molecule has 1 spiro atoms. The number of furan rings is 1. The average molecular weight is 776 g/mol. The first-order chi connectivity index (χ1) is 30.3. The largest absolute Gasteiger partial charge is 0.456 e. The second-order valence-corrected chi connectivity index (χ2v) is 16.4. The molecule has 0 radical (unpaired) electrons. The van der Waals surface area contributed by atoms with Crippen LogP contribution < -0.4 is 4.90 Å². The zero-order chi connectivity index (χ0) is 40.1. The summed E-state index contributed by atoms with van der Waals surface area (Å²) in [4.78, 5) is 2.44. The number of hydrogen-bond acceptors (Lipinski definition) is 2. The lowest BCUT2D eigenvalue weighted by Crippen LogP contribution is -2.29. The molecule has 2 aliphatic carbocycles. The summed E-state index contributed by atoms with van der Waals surface area (Å²) in [5.74, 6) is 0. The van der Waals surface area contributed by atoms with Crippen LogP contribution in [0.1, 0.15) is 22.3 Å². The molecule has 2 heteroatoms. The lowest BCUT2D eigenvalue weighted by Gasteiger charge is -2.36. The van der Waals surface area contributed by atoms with Crippen LogP contribution in [0.15, 0.2) is 229 Å². The van der Waals surface area contributed by atoms with E-state index in [2.05, 4.69) is 223 Å². The van der Waals surface area contributed by atoms with Crippen molar-refractivity contribution in [3.8, 4) is 44.5 Å². The van der Waals surface area contributed by atoms with Gasteiger partial charge >= 0.3 is 0 Å². The molecular formula is C59H37NO. The van der Waals surface area contributed by atoms with Crippen LogP contribution in [-0.2, 0) is 5.41 Å². The zero-order valence-corrected chi connectivity index (χ0v) is 33.2. The van der Waals surface area contributed by atoms with Crippen LogP contribution in [0.25, 0.3) is 77.2 Å². The van der Waals surface area contributed by atoms with Crippen LogP contribution in [0.4, 0.5) is 17.1 Å². The molecule has 0 aliphatic heterocycles. The summed E-state index contributed by atoms with van der Waals surface area (Å²) in [5, 5.41) is 4.68. The molecule has 284 valence electrons. The van der Waals surface area contributed by atoms with Gasteiger partial charge in [0.2, 0.25) is 0 Å². The van der Waals surface area contributed by atoms with Gasteiger partial charge in [-0.15, -0.1) is 0 Å². The molecular weight excluding hydrogens is 739 g/mol. The minimum atomic E-state index is -0.631. The van der Waals surface area contributed by atoms with Crippen LogP contribution in [0.2, 0.25) is 0 Å². The third-order valence-corrected chi connectivity index (χ3v) is 13.3. The highest BCUT2D eigenvalue weighted by Crippen LogP contribution is 2.62. The van der Waals surface area contributed by atoms with E-state index in [1.54, 1.807) is 0 Å². The van der Waals surface area contributed by atoms with E-state index < -0.39 is 5.41 Å². The first-order valence-corrected chi connectivity index (χ1v) is 21.1. The zero-order valence-electron chi connectivity index (χ0n) is 33.2. The molecule has 1 unspecified atom stereocenters. The quantitative estimate of drug-likeness (QED) is 0.177. The Hall–Kier alpha value is -7.94. The highest BCUT2D eigenvalue weighted by atomic mass is 16.3. The molecule has 0 fully saturated rings. The van der Waals surface area contributed by atoms with Gasteiger partial charge in [0.05, 0.1) is 16.5 Å². The van der Waals surface area contributed by atoms with Crippen molar-refractivity contribution in [1.82, 2.24) is 0 Å². The summed E-state index contributed by atoms with van der Waals surface area (Å²) in [7, 11) is 0. The third-order valence-electron chi connectivity index (χ3n) is 13.3. The highest BCUT2D eigenvalue weighted by Gasteiger charge is 2.50. The van der Waals surface area contributed by atoms with E-state index in [-0.39, 0.29) is 0 Å². The average Bonchev–Trinajstić information content (AvgIpc) is 3.82. The van der Waals surface area contributed by atoms with Gasteiger partial charge in [-0.2, -0.15) is 0 Å². The van der Waals surface area contributed by atoms with Crippen molar-refractivity contribution >= 4 is 49.8 Å². The van der Waals surface area contributed by atoms with Crippen molar-refractivity contribution in [1.29, 1.82) is 0 Å². The molecule has 0 saturated heterocycles. The normalized spacial score (nSPS) is 14.6. The molecule has 1 atom stereocenters. The van der Waals surface area contributed by atoms with E-state index >= 15 is 0 Å². The van der Waals surface area contributed by atoms with E-state index in [0.717, 1.165) is 39.0 Å². The van der Waals surface area contributed by atoms with Gasteiger partial charge in [0.1, 0.15) is 11.2 Å². The first-order valence-electron chi connectivity index (χ1n) is 21.1. The summed E-state index contributed by atoms with van der Waals surface area (Å²) in [5.41, 5.74) is 19.4. The van der Waals surface area contributed by atoms with Gasteiger partial charge in [-0.1, -0.05) is 170 Å². The standard InChI is InChI=1S/C59H37NO/c1-2-15-38(16-3-1)39-29-31-42(32-30-39)60(55-26-14-28-57-58(55)49-23-10-13-27-56(49)61-57)43-33-34-48-45-20-7-6-19-44(45)46-21-8-11-24-51(46)59(54(48)37-43)52-25-12-9-22-47(52)50-35-40-17-4-5-18-41(40)36-53(50)59/h1-37H. The lowest BCUT2D eigenvalue weighted by molar-refractivity contribution is 0.669. The molecule has 0 amide bonds. The van der Waals surface area contributed by atoms with Gasteiger partial charge in [-0.05, 0) is 132 Å². The Morgan fingerprint density at radius 1 is 0.328 bits per heavy atom. The predicted octanol–water partition coefficient (Wildman–Crippen LogP) is 15.9. The number of benzene rings is 10. The molecule has 61 heavy (non-hydrogen) atoms. The van der Waals surface area contributed by atoms with Gasteiger partial charge < -0.3 is 9.32 Å². The smallest absolute Gasteiger partial charge is 0.137 e. The molecule has 1 aromatic heterocycles. The van der Waals surface area contributed by atoms with Crippen molar-refractivity contribution < 1.29 is 4.42 Å². The van der Waals surface area contributed by atoms with Crippen LogP contribution in [0.5, 0.6) is 0 Å². The SMILES string of the molecule is c1ccc(-c2ccc(N(c3ccc4c(c3)C3(c5ccccc5-c5ccccc5-4)c4ccccc4-c4cc5ccccc5cc43)c3cccc4oc5ccccc5c34)cc2)cc1. The van der Waals surface area contributed by atoms with E-state index in [1.807, 2.05) is 6.07 Å². The number of hydrogen-bond donors (Lipinski definition) is 0. The number of fused-ring (bicyclic) bond motifs is 16. The second-order valence-electron chi connectivity index (χ2n) is 16.4. The Morgan fingerprint density at radius 3 is 1.62 bits per heavy atom. The fourth-order valence-electron chi connectivity index (χ4n) is 10.7. The molecule has 2 nitrogen and oxygen atoms in total. The molecule has 0 saturated carbocycles. The van der Waals surface area contributed by atoms with Gasteiger partial charge in [0.25, 0.3) is 0 Å². The van der Waals surface area contributed by atoms with Crippen molar-refractivity contribution in [2.45, 2.75) is 5.41 Å². The van der Waals surface area contributed by atoms with Crippen molar-refractivity contribution in [3.63, 3.8) is 0 Å². The van der Waals surface area contributed by atoms with E-state index in [4.69, 9.17) is 4.42 Å². The third kappa shape index (κ3) is 4.85. The van der Waals surface area contributed by atoms with Gasteiger partial charge in [0, 0.05) is 16.8 Å². The first kappa shape index (κ1) is 34.0. The molecule has 0 bridgehead atoms. The second kappa shape index (κ2) is 13.0. The maximum absolute atomic E-state index is 6.54. The maximum atomic E-state index is 6.54. The van der Waals surface area contributed by atoms with Gasteiger partial charge in [-0.3, -0.25) is 0 Å². The Kier molecular flexibility index (Phi) is 7.26.